The van der Waals surface area contributed by atoms with Crippen molar-refractivity contribution in [3.63, 3.8) is 0 Å². The number of aromatic nitrogens is 4. The molecule has 0 aliphatic carbocycles. The van der Waals surface area contributed by atoms with Crippen LogP contribution in [-0.2, 0) is 12.7 Å². The maximum Gasteiger partial charge on any atom is 0.416 e. The minimum atomic E-state index is -4.42. The van der Waals surface area contributed by atoms with Crippen LogP contribution in [0, 0.1) is 13.8 Å². The third-order valence-electron chi connectivity index (χ3n) is 5.41. The van der Waals surface area contributed by atoms with Gasteiger partial charge in [-0.3, -0.25) is 14.6 Å². The average molecular weight is 469 g/mol. The Hall–Kier alpha value is -4.08. The Bertz CT molecular complexity index is 1320. The van der Waals surface area contributed by atoms with E-state index in [1.54, 1.807) is 49.9 Å². The van der Waals surface area contributed by atoms with Crippen LogP contribution in [0.15, 0.2) is 54.6 Å². The summed E-state index contributed by atoms with van der Waals surface area (Å²) in [6.07, 6.45) is -4.42. The molecule has 1 amide bonds. The number of anilines is 1. The normalized spacial score (nSPS) is 11.5. The number of ether oxygens (including phenoxy) is 1. The van der Waals surface area contributed by atoms with Crippen LogP contribution in [0.25, 0.3) is 11.3 Å². The Kier molecular flexibility index (Phi) is 6.14. The van der Waals surface area contributed by atoms with Gasteiger partial charge in [-0.2, -0.15) is 23.4 Å². The second kappa shape index (κ2) is 9.05. The van der Waals surface area contributed by atoms with E-state index in [1.807, 2.05) is 12.1 Å². The van der Waals surface area contributed by atoms with E-state index >= 15 is 0 Å². The molecular formula is C24H22F3N5O2. The zero-order valence-corrected chi connectivity index (χ0v) is 18.7. The van der Waals surface area contributed by atoms with Crippen LogP contribution in [0.5, 0.6) is 5.75 Å². The molecule has 4 aromatic rings. The molecule has 2 aromatic heterocycles. The van der Waals surface area contributed by atoms with Gasteiger partial charge in [0.1, 0.15) is 11.4 Å². The number of hydrogen-bond donors (Lipinski definition) is 2. The quantitative estimate of drug-likeness (QED) is 0.406. The third-order valence-corrected chi connectivity index (χ3v) is 5.41. The van der Waals surface area contributed by atoms with Crippen molar-refractivity contribution < 1.29 is 22.7 Å². The lowest BCUT2D eigenvalue weighted by Gasteiger charge is -2.10. The maximum atomic E-state index is 13.0. The van der Waals surface area contributed by atoms with Crippen LogP contribution < -0.4 is 10.1 Å². The van der Waals surface area contributed by atoms with Gasteiger partial charge < -0.3 is 10.1 Å². The highest BCUT2D eigenvalue weighted by atomic mass is 19.4. The highest BCUT2D eigenvalue weighted by Gasteiger charge is 2.30. The molecule has 0 saturated heterocycles. The van der Waals surface area contributed by atoms with E-state index in [0.29, 0.717) is 34.1 Å². The van der Waals surface area contributed by atoms with E-state index < -0.39 is 17.6 Å². The molecule has 0 bridgehead atoms. The first-order chi connectivity index (χ1) is 16.2. The van der Waals surface area contributed by atoms with Gasteiger partial charge in [-0.15, -0.1) is 0 Å². The number of aryl methyl sites for hydroxylation is 1. The first-order valence-corrected chi connectivity index (χ1v) is 10.4. The summed E-state index contributed by atoms with van der Waals surface area (Å²) in [5.41, 5.74) is 3.08. The van der Waals surface area contributed by atoms with Crippen LogP contribution in [0.3, 0.4) is 0 Å². The summed E-state index contributed by atoms with van der Waals surface area (Å²) in [6.45, 7) is 3.61. The Balaban J connectivity index is 1.51. The number of amides is 1. The highest BCUT2D eigenvalue weighted by Crippen LogP contribution is 2.30. The third kappa shape index (κ3) is 4.80. The molecule has 0 atom stereocenters. The Morgan fingerprint density at radius 2 is 1.85 bits per heavy atom. The number of benzene rings is 2. The minimum absolute atomic E-state index is 0.137. The van der Waals surface area contributed by atoms with Gasteiger partial charge >= 0.3 is 6.18 Å². The van der Waals surface area contributed by atoms with E-state index in [9.17, 15) is 18.0 Å². The van der Waals surface area contributed by atoms with E-state index in [2.05, 4.69) is 20.6 Å². The van der Waals surface area contributed by atoms with E-state index in [4.69, 9.17) is 4.74 Å². The lowest BCUT2D eigenvalue weighted by molar-refractivity contribution is -0.137. The molecule has 176 valence electrons. The summed E-state index contributed by atoms with van der Waals surface area (Å²) in [7, 11) is 1.58. The lowest BCUT2D eigenvalue weighted by atomic mass is 10.1. The van der Waals surface area contributed by atoms with Crippen LogP contribution >= 0.6 is 0 Å². The van der Waals surface area contributed by atoms with Crippen molar-refractivity contribution in [1.82, 2.24) is 20.0 Å². The molecule has 4 rings (SSSR count). The first kappa shape index (κ1) is 23.1. The van der Waals surface area contributed by atoms with Gasteiger partial charge in [-0.05, 0) is 61.9 Å². The second-order valence-corrected chi connectivity index (χ2v) is 7.75. The molecule has 0 aliphatic rings. The molecule has 2 N–H and O–H groups in total. The first-order valence-electron chi connectivity index (χ1n) is 10.4. The van der Waals surface area contributed by atoms with Gasteiger partial charge in [-0.25, -0.2) is 0 Å². The maximum absolute atomic E-state index is 13.0. The number of nitrogens with one attached hydrogen (secondary N) is 2. The summed E-state index contributed by atoms with van der Waals surface area (Å²) < 4.78 is 45.8. The van der Waals surface area contributed by atoms with Gasteiger partial charge in [0.25, 0.3) is 5.91 Å². The number of methoxy groups -OCH3 is 1. The largest absolute Gasteiger partial charge is 0.497 e. The molecule has 0 saturated carbocycles. The Labute approximate surface area is 193 Å². The van der Waals surface area contributed by atoms with Crippen molar-refractivity contribution >= 4 is 11.6 Å². The van der Waals surface area contributed by atoms with Crippen LogP contribution in [0.2, 0.25) is 0 Å². The average Bonchev–Trinajstić information content (AvgIpc) is 3.40. The Morgan fingerprint density at radius 3 is 2.53 bits per heavy atom. The molecule has 2 heterocycles. The summed E-state index contributed by atoms with van der Waals surface area (Å²) in [4.78, 5) is 12.8. The highest BCUT2D eigenvalue weighted by molar-refractivity contribution is 6.04. The predicted octanol–water partition coefficient (Wildman–Crippen LogP) is 5.22. The second-order valence-electron chi connectivity index (χ2n) is 7.75. The van der Waals surface area contributed by atoms with Gasteiger partial charge in [0, 0.05) is 5.56 Å². The standard InChI is InChI=1S/C24H22F3N5O2/c1-14-22(15(2)32(31-14)13-16-5-4-6-18(11-16)24(25,26)27)28-23(33)21-12-20(29-30-21)17-7-9-19(34-3)10-8-17/h4-12H,13H2,1-3H3,(H,28,33)(H,29,30). The summed E-state index contributed by atoms with van der Waals surface area (Å²) in [5.74, 6) is 0.308. The predicted molar refractivity (Wildman–Crippen MR) is 121 cm³/mol. The number of hydrogen-bond acceptors (Lipinski definition) is 4. The molecule has 0 fully saturated rings. The minimum Gasteiger partial charge on any atom is -0.497 e. The van der Waals surface area contributed by atoms with Gasteiger partial charge in [0.2, 0.25) is 0 Å². The van der Waals surface area contributed by atoms with Crippen LogP contribution in [-0.4, -0.2) is 33.0 Å². The fraction of sp³-hybridized carbons (Fsp3) is 0.208. The number of carbonyl (C=O) groups is 1. The van der Waals surface area contributed by atoms with Gasteiger partial charge in [0.05, 0.1) is 42.0 Å². The number of nitrogens with zero attached hydrogens (tertiary/aromatic N) is 3. The van der Waals surface area contributed by atoms with Crippen LogP contribution in [0.1, 0.15) is 33.0 Å². The number of alkyl halides is 3. The topological polar surface area (TPSA) is 84.8 Å². The molecule has 0 spiro atoms. The van der Waals surface area contributed by atoms with Crippen molar-refractivity contribution in [2.45, 2.75) is 26.6 Å². The van der Waals surface area contributed by atoms with Crippen molar-refractivity contribution in [2.75, 3.05) is 12.4 Å². The summed E-state index contributed by atoms with van der Waals surface area (Å²) >= 11 is 0. The molecule has 34 heavy (non-hydrogen) atoms. The lowest BCUT2D eigenvalue weighted by Crippen LogP contribution is -2.14. The van der Waals surface area contributed by atoms with E-state index in [0.717, 1.165) is 17.7 Å². The molecule has 2 aromatic carbocycles. The molecule has 0 radical (unpaired) electrons. The number of H-pyrrole nitrogens is 1. The van der Waals surface area contributed by atoms with Crippen molar-refractivity contribution in [1.29, 1.82) is 0 Å². The number of carbonyl (C=O) groups excluding carboxylic acids is 1. The van der Waals surface area contributed by atoms with Crippen molar-refractivity contribution in [3.05, 3.63) is 82.8 Å². The SMILES string of the molecule is COc1ccc(-c2cc(C(=O)Nc3c(C)nn(Cc4cccc(C(F)(F)F)c4)c3C)[nH]n2)cc1. The van der Waals surface area contributed by atoms with Crippen molar-refractivity contribution in [2.24, 2.45) is 0 Å². The van der Waals surface area contributed by atoms with Gasteiger partial charge in [0.15, 0.2) is 0 Å². The monoisotopic (exact) mass is 469 g/mol. The fourth-order valence-electron chi connectivity index (χ4n) is 3.58. The summed E-state index contributed by atoms with van der Waals surface area (Å²) in [5, 5.41) is 14.2. The number of aromatic amines is 1. The molecule has 7 nitrogen and oxygen atoms in total. The molecule has 10 heteroatoms. The zero-order valence-electron chi connectivity index (χ0n) is 18.7. The van der Waals surface area contributed by atoms with Gasteiger partial charge in [-0.1, -0.05) is 12.1 Å². The fourth-order valence-corrected chi connectivity index (χ4v) is 3.58. The van der Waals surface area contributed by atoms with E-state index in [1.165, 1.54) is 6.07 Å². The van der Waals surface area contributed by atoms with Crippen molar-refractivity contribution in [3.8, 4) is 17.0 Å². The Morgan fingerprint density at radius 1 is 1.12 bits per heavy atom. The zero-order chi connectivity index (χ0) is 24.5. The molecular weight excluding hydrogens is 447 g/mol. The smallest absolute Gasteiger partial charge is 0.416 e. The number of rotatable bonds is 6. The van der Waals surface area contributed by atoms with E-state index in [-0.39, 0.29) is 12.2 Å². The molecule has 0 unspecified atom stereocenters. The van der Waals surface area contributed by atoms with Crippen LogP contribution in [0.4, 0.5) is 18.9 Å². The summed E-state index contributed by atoms with van der Waals surface area (Å²) in [6, 6.07) is 14.0. The number of halogens is 3. The molecule has 0 aliphatic heterocycles.